The average molecular weight is 377 g/mol. The predicted octanol–water partition coefficient (Wildman–Crippen LogP) is 3.02. The Morgan fingerprint density at radius 3 is 2.48 bits per heavy atom. The molecule has 3 N–H and O–H groups in total. The van der Waals surface area contributed by atoms with Gasteiger partial charge in [0.2, 0.25) is 5.91 Å². The first-order valence-corrected chi connectivity index (χ1v) is 10.5. The van der Waals surface area contributed by atoms with Crippen molar-refractivity contribution in [1.82, 2.24) is 10.2 Å². The van der Waals surface area contributed by atoms with E-state index in [2.05, 4.69) is 17.1 Å². The number of nitrogens with one attached hydrogen (secondary N) is 1. The second-order valence-corrected chi connectivity index (χ2v) is 7.73. The Hall–Kier alpha value is -1.43. The molecule has 0 aromatic heterocycles. The molecule has 0 radical (unpaired) electrons. The van der Waals surface area contributed by atoms with Gasteiger partial charge < -0.3 is 20.4 Å². The highest BCUT2D eigenvalue weighted by Crippen LogP contribution is 2.20. The van der Waals surface area contributed by atoms with Gasteiger partial charge in [0.15, 0.2) is 0 Å². The number of unbranched alkanes of at least 4 members (excludes halogenated alkanes) is 4. The van der Waals surface area contributed by atoms with Crippen LogP contribution in [0, 0.1) is 0 Å². The van der Waals surface area contributed by atoms with Gasteiger partial charge in [-0.1, -0.05) is 62.9 Å². The highest BCUT2D eigenvalue weighted by Gasteiger charge is 2.27. The SMILES string of the molecule is CCCCCCCC(=O)N[C@H](CN1CCC(O)CC1)[C@@H](O)c1ccccc1. The van der Waals surface area contributed by atoms with Crippen molar-refractivity contribution in [3.05, 3.63) is 35.9 Å². The Morgan fingerprint density at radius 2 is 1.81 bits per heavy atom. The van der Waals surface area contributed by atoms with E-state index >= 15 is 0 Å². The molecule has 1 aliphatic heterocycles. The van der Waals surface area contributed by atoms with Crippen LogP contribution >= 0.6 is 0 Å². The van der Waals surface area contributed by atoms with Gasteiger partial charge in [0, 0.05) is 26.1 Å². The van der Waals surface area contributed by atoms with Gasteiger partial charge in [-0.3, -0.25) is 4.79 Å². The van der Waals surface area contributed by atoms with E-state index in [1.807, 2.05) is 30.3 Å². The number of nitrogens with zero attached hydrogens (tertiary/aromatic N) is 1. The van der Waals surface area contributed by atoms with Crippen molar-refractivity contribution in [3.63, 3.8) is 0 Å². The number of benzene rings is 1. The van der Waals surface area contributed by atoms with Crippen LogP contribution in [0.3, 0.4) is 0 Å². The summed E-state index contributed by atoms with van der Waals surface area (Å²) in [6.07, 6.45) is 6.63. The van der Waals surface area contributed by atoms with E-state index < -0.39 is 6.10 Å². The Bertz CT molecular complexity index is 530. The fraction of sp³-hybridized carbons (Fsp3) is 0.682. The minimum absolute atomic E-state index is 0.0172. The molecule has 152 valence electrons. The quantitative estimate of drug-likeness (QED) is 0.519. The molecule has 1 aromatic rings. The van der Waals surface area contributed by atoms with Crippen molar-refractivity contribution in [2.24, 2.45) is 0 Å². The Balaban J connectivity index is 1.91. The normalized spacial score (nSPS) is 18.2. The molecule has 2 atom stereocenters. The van der Waals surface area contributed by atoms with Crippen molar-refractivity contribution < 1.29 is 15.0 Å². The number of hydrogen-bond acceptors (Lipinski definition) is 4. The fourth-order valence-electron chi connectivity index (χ4n) is 3.66. The summed E-state index contributed by atoms with van der Waals surface area (Å²) in [6, 6.07) is 9.19. The molecule has 5 heteroatoms. The highest BCUT2D eigenvalue weighted by atomic mass is 16.3. The summed E-state index contributed by atoms with van der Waals surface area (Å²) in [4.78, 5) is 14.7. The number of rotatable bonds is 11. The molecular weight excluding hydrogens is 340 g/mol. The molecule has 1 saturated heterocycles. The molecule has 1 aromatic carbocycles. The second-order valence-electron chi connectivity index (χ2n) is 7.73. The summed E-state index contributed by atoms with van der Waals surface area (Å²) in [6.45, 7) is 4.38. The molecule has 1 aliphatic rings. The van der Waals surface area contributed by atoms with E-state index in [-0.39, 0.29) is 18.1 Å². The van der Waals surface area contributed by atoms with Gasteiger partial charge >= 0.3 is 0 Å². The van der Waals surface area contributed by atoms with E-state index in [1.54, 1.807) is 0 Å². The maximum Gasteiger partial charge on any atom is 0.220 e. The largest absolute Gasteiger partial charge is 0.393 e. The lowest BCUT2D eigenvalue weighted by Gasteiger charge is -2.34. The van der Waals surface area contributed by atoms with Crippen LogP contribution in [0.5, 0.6) is 0 Å². The predicted molar refractivity (Wildman–Crippen MR) is 108 cm³/mol. The van der Waals surface area contributed by atoms with Crippen LogP contribution in [-0.2, 0) is 4.79 Å². The van der Waals surface area contributed by atoms with Crippen LogP contribution in [0.15, 0.2) is 30.3 Å². The van der Waals surface area contributed by atoms with Gasteiger partial charge in [-0.05, 0) is 24.8 Å². The summed E-state index contributed by atoms with van der Waals surface area (Å²) in [5, 5.41) is 23.6. The minimum Gasteiger partial charge on any atom is -0.393 e. The third-order valence-electron chi connectivity index (χ3n) is 5.39. The highest BCUT2D eigenvalue weighted by molar-refractivity contribution is 5.76. The van der Waals surface area contributed by atoms with Gasteiger partial charge in [-0.2, -0.15) is 0 Å². The Kier molecular flexibility index (Phi) is 9.81. The first kappa shape index (κ1) is 21.9. The maximum atomic E-state index is 12.4. The number of likely N-dealkylation sites (tertiary alicyclic amines) is 1. The first-order valence-electron chi connectivity index (χ1n) is 10.5. The van der Waals surface area contributed by atoms with Gasteiger partial charge in [0.25, 0.3) is 0 Å². The van der Waals surface area contributed by atoms with E-state index in [0.29, 0.717) is 13.0 Å². The number of amides is 1. The summed E-state index contributed by atoms with van der Waals surface area (Å²) in [5.41, 5.74) is 0.822. The molecule has 0 unspecified atom stereocenters. The van der Waals surface area contributed by atoms with Crippen molar-refractivity contribution in [1.29, 1.82) is 0 Å². The molecule has 1 amide bonds. The van der Waals surface area contributed by atoms with E-state index in [1.165, 1.54) is 19.3 Å². The second kappa shape index (κ2) is 12.1. The molecule has 0 bridgehead atoms. The summed E-state index contributed by atoms with van der Waals surface area (Å²) in [7, 11) is 0. The van der Waals surface area contributed by atoms with E-state index in [4.69, 9.17) is 0 Å². The third kappa shape index (κ3) is 7.99. The van der Waals surface area contributed by atoms with E-state index in [0.717, 1.165) is 44.3 Å². The van der Waals surface area contributed by atoms with Crippen LogP contribution in [0.4, 0.5) is 0 Å². The molecular formula is C22H36N2O3. The van der Waals surface area contributed by atoms with Crippen LogP contribution in [0.2, 0.25) is 0 Å². The summed E-state index contributed by atoms with van der Waals surface area (Å²) in [5.74, 6) is 0.0172. The molecule has 2 rings (SSSR count). The monoisotopic (exact) mass is 376 g/mol. The third-order valence-corrected chi connectivity index (χ3v) is 5.39. The molecule has 0 spiro atoms. The zero-order valence-corrected chi connectivity index (χ0v) is 16.6. The number of aliphatic hydroxyl groups is 2. The van der Waals surface area contributed by atoms with Crippen LogP contribution < -0.4 is 5.32 Å². The zero-order valence-electron chi connectivity index (χ0n) is 16.6. The van der Waals surface area contributed by atoms with Crippen molar-refractivity contribution in [3.8, 4) is 0 Å². The smallest absolute Gasteiger partial charge is 0.220 e. The number of carbonyl (C=O) groups is 1. The van der Waals surface area contributed by atoms with Gasteiger partial charge in [0.1, 0.15) is 6.10 Å². The van der Waals surface area contributed by atoms with Crippen molar-refractivity contribution in [2.75, 3.05) is 19.6 Å². The number of piperidine rings is 1. The van der Waals surface area contributed by atoms with Gasteiger partial charge in [0.05, 0.1) is 12.1 Å². The van der Waals surface area contributed by atoms with Crippen LogP contribution in [0.1, 0.15) is 70.0 Å². The lowest BCUT2D eigenvalue weighted by atomic mass is 10.00. The first-order chi connectivity index (χ1) is 13.1. The summed E-state index contributed by atoms with van der Waals surface area (Å²) < 4.78 is 0. The van der Waals surface area contributed by atoms with E-state index in [9.17, 15) is 15.0 Å². The van der Waals surface area contributed by atoms with Crippen LogP contribution in [0.25, 0.3) is 0 Å². The zero-order chi connectivity index (χ0) is 19.5. The Morgan fingerprint density at radius 1 is 1.15 bits per heavy atom. The summed E-state index contributed by atoms with van der Waals surface area (Å²) >= 11 is 0. The number of aliphatic hydroxyl groups excluding tert-OH is 2. The molecule has 1 fully saturated rings. The molecule has 5 nitrogen and oxygen atoms in total. The van der Waals surface area contributed by atoms with Gasteiger partial charge in [-0.25, -0.2) is 0 Å². The number of carbonyl (C=O) groups excluding carboxylic acids is 1. The topological polar surface area (TPSA) is 72.8 Å². The average Bonchev–Trinajstić information content (AvgIpc) is 2.69. The fourth-order valence-corrected chi connectivity index (χ4v) is 3.66. The van der Waals surface area contributed by atoms with Gasteiger partial charge in [-0.15, -0.1) is 0 Å². The lowest BCUT2D eigenvalue weighted by molar-refractivity contribution is -0.123. The number of hydrogen-bond donors (Lipinski definition) is 3. The standard InChI is InChI=1S/C22H36N2O3/c1-2-3-4-5-9-12-21(26)23-20(17-24-15-13-19(25)14-16-24)22(27)18-10-7-6-8-11-18/h6-8,10-11,19-20,22,25,27H,2-5,9,12-17H2,1H3,(H,23,26)/t20-,22+/m1/s1. The lowest BCUT2D eigenvalue weighted by Crippen LogP contribution is -2.49. The molecule has 0 saturated carbocycles. The minimum atomic E-state index is -0.734. The van der Waals surface area contributed by atoms with Crippen LogP contribution in [-0.4, -0.2) is 52.8 Å². The molecule has 1 heterocycles. The maximum absolute atomic E-state index is 12.4. The molecule has 0 aliphatic carbocycles. The van der Waals surface area contributed by atoms with Crippen molar-refractivity contribution in [2.45, 2.75) is 76.5 Å². The molecule has 27 heavy (non-hydrogen) atoms. The Labute approximate surface area is 163 Å². The van der Waals surface area contributed by atoms with Crippen molar-refractivity contribution >= 4 is 5.91 Å².